The molecule has 7 heteroatoms. The van der Waals surface area contributed by atoms with Crippen LogP contribution in [0, 0.1) is 0 Å². The average Bonchev–Trinajstić information content (AvgIpc) is 2.45. The van der Waals surface area contributed by atoms with Crippen molar-refractivity contribution < 1.29 is 17.9 Å². The molecule has 0 bridgehead atoms. The molecule has 0 spiro atoms. The summed E-state index contributed by atoms with van der Waals surface area (Å²) >= 11 is 0. The van der Waals surface area contributed by atoms with E-state index in [9.17, 15) is 13.2 Å². The van der Waals surface area contributed by atoms with Gasteiger partial charge in [-0.15, -0.1) is 0 Å². The zero-order valence-electron chi connectivity index (χ0n) is 13.6. The van der Waals surface area contributed by atoms with Crippen LogP contribution in [0.1, 0.15) is 45.1 Å². The van der Waals surface area contributed by atoms with Crippen LogP contribution in [0.4, 0.5) is 4.79 Å². The van der Waals surface area contributed by atoms with Gasteiger partial charge >= 0.3 is 6.09 Å². The van der Waals surface area contributed by atoms with Crippen LogP contribution in [-0.4, -0.2) is 38.1 Å². The Balaban J connectivity index is 2.14. The largest absolute Gasteiger partial charge is 0.444 e. The number of carbonyl (C=O) groups excluding carboxylic acids is 1. The molecule has 1 aromatic rings. The van der Waals surface area contributed by atoms with Crippen molar-refractivity contribution in [3.63, 3.8) is 0 Å². The van der Waals surface area contributed by atoms with Crippen molar-refractivity contribution in [2.45, 2.75) is 50.0 Å². The van der Waals surface area contributed by atoms with E-state index >= 15 is 0 Å². The Morgan fingerprint density at radius 3 is 2.65 bits per heavy atom. The summed E-state index contributed by atoms with van der Waals surface area (Å²) in [7, 11) is 1.66. The Morgan fingerprint density at radius 1 is 1.35 bits per heavy atom. The van der Waals surface area contributed by atoms with Crippen LogP contribution in [0.15, 0.2) is 29.2 Å². The van der Waals surface area contributed by atoms with E-state index in [0.29, 0.717) is 13.1 Å². The van der Waals surface area contributed by atoms with Gasteiger partial charge in [-0.2, -0.15) is 0 Å². The van der Waals surface area contributed by atoms with Crippen molar-refractivity contribution >= 4 is 25.8 Å². The van der Waals surface area contributed by atoms with Gasteiger partial charge in [0.25, 0.3) is 9.05 Å². The first-order chi connectivity index (χ1) is 10.6. The number of nitrogens with zero attached hydrogens (tertiary/aromatic N) is 1. The zero-order chi connectivity index (χ0) is 17.3. The summed E-state index contributed by atoms with van der Waals surface area (Å²) in [5.41, 5.74) is 0.344. The molecule has 1 amide bonds. The molecule has 1 saturated heterocycles. The number of carbonyl (C=O) groups is 1. The van der Waals surface area contributed by atoms with E-state index in [2.05, 4.69) is 0 Å². The van der Waals surface area contributed by atoms with Gasteiger partial charge in [0, 0.05) is 29.7 Å². The molecule has 0 aromatic heterocycles. The SMILES string of the molecule is CC(C)(C)OC(=O)N1CCC[C@@H](c2cccc(S(=O)(=O)Cl)c2)C1. The Morgan fingerprint density at radius 2 is 2.04 bits per heavy atom. The van der Waals surface area contributed by atoms with Gasteiger partial charge < -0.3 is 9.64 Å². The van der Waals surface area contributed by atoms with Crippen LogP contribution >= 0.6 is 10.7 Å². The van der Waals surface area contributed by atoms with Gasteiger partial charge in [0.1, 0.15) is 5.60 Å². The van der Waals surface area contributed by atoms with Crippen LogP contribution in [0.2, 0.25) is 0 Å². The van der Waals surface area contributed by atoms with E-state index in [0.717, 1.165) is 18.4 Å². The Bertz CT molecular complexity index is 682. The number of rotatable bonds is 2. The number of likely N-dealkylation sites (tertiary alicyclic amines) is 1. The summed E-state index contributed by atoms with van der Waals surface area (Å²) in [4.78, 5) is 14.0. The third kappa shape index (κ3) is 5.11. The fourth-order valence-electron chi connectivity index (χ4n) is 2.66. The summed E-state index contributed by atoms with van der Waals surface area (Å²) in [5.74, 6) is 0.0784. The third-order valence-corrected chi connectivity index (χ3v) is 5.04. The summed E-state index contributed by atoms with van der Waals surface area (Å²) in [5, 5.41) is 0. The van der Waals surface area contributed by atoms with Gasteiger partial charge in [-0.3, -0.25) is 0 Å². The lowest BCUT2D eigenvalue weighted by Crippen LogP contribution is -2.42. The topological polar surface area (TPSA) is 63.7 Å². The van der Waals surface area contributed by atoms with Crippen molar-refractivity contribution in [1.82, 2.24) is 4.90 Å². The van der Waals surface area contributed by atoms with Crippen LogP contribution in [-0.2, 0) is 13.8 Å². The molecule has 0 radical (unpaired) electrons. The molecule has 0 N–H and O–H groups in total. The summed E-state index contributed by atoms with van der Waals surface area (Å²) in [6.07, 6.45) is 1.41. The molecule has 2 rings (SSSR count). The average molecular weight is 360 g/mol. The summed E-state index contributed by atoms with van der Waals surface area (Å²) < 4.78 is 28.4. The Labute approximate surface area is 142 Å². The lowest BCUT2D eigenvalue weighted by atomic mass is 9.91. The van der Waals surface area contributed by atoms with E-state index in [1.54, 1.807) is 17.0 Å². The van der Waals surface area contributed by atoms with Crippen molar-refractivity contribution in [3.8, 4) is 0 Å². The Kier molecular flexibility index (Phi) is 5.26. The van der Waals surface area contributed by atoms with Crippen molar-refractivity contribution in [3.05, 3.63) is 29.8 Å². The van der Waals surface area contributed by atoms with Crippen LogP contribution in [0.3, 0.4) is 0 Å². The molecule has 23 heavy (non-hydrogen) atoms. The zero-order valence-corrected chi connectivity index (χ0v) is 15.2. The van der Waals surface area contributed by atoms with Crippen molar-refractivity contribution in [2.75, 3.05) is 13.1 Å². The van der Waals surface area contributed by atoms with E-state index in [-0.39, 0.29) is 16.9 Å². The number of amides is 1. The van der Waals surface area contributed by atoms with E-state index in [1.165, 1.54) is 6.07 Å². The monoisotopic (exact) mass is 359 g/mol. The van der Waals surface area contributed by atoms with Gasteiger partial charge in [0.15, 0.2) is 0 Å². The molecule has 1 aromatic carbocycles. The maximum absolute atomic E-state index is 12.2. The fraction of sp³-hybridized carbons (Fsp3) is 0.562. The first kappa shape index (κ1) is 18.1. The number of hydrogen-bond acceptors (Lipinski definition) is 4. The van der Waals surface area contributed by atoms with Gasteiger partial charge in [-0.1, -0.05) is 12.1 Å². The smallest absolute Gasteiger partial charge is 0.410 e. The number of halogens is 1. The minimum Gasteiger partial charge on any atom is -0.444 e. The van der Waals surface area contributed by atoms with E-state index in [1.807, 2.05) is 26.8 Å². The highest BCUT2D eigenvalue weighted by molar-refractivity contribution is 8.13. The maximum Gasteiger partial charge on any atom is 0.410 e. The molecule has 0 unspecified atom stereocenters. The van der Waals surface area contributed by atoms with Crippen molar-refractivity contribution in [2.24, 2.45) is 0 Å². The summed E-state index contributed by atoms with van der Waals surface area (Å²) in [6.45, 7) is 6.67. The molecule has 1 heterocycles. The second-order valence-corrected chi connectivity index (χ2v) is 9.34. The van der Waals surface area contributed by atoms with Gasteiger partial charge in [-0.25, -0.2) is 13.2 Å². The third-order valence-electron chi connectivity index (χ3n) is 3.68. The highest BCUT2D eigenvalue weighted by Gasteiger charge is 2.28. The maximum atomic E-state index is 12.2. The van der Waals surface area contributed by atoms with Crippen LogP contribution in [0.25, 0.3) is 0 Å². The molecule has 1 aliphatic rings. The number of piperidine rings is 1. The standard InChI is InChI=1S/C16H22ClNO4S/c1-16(2,3)22-15(19)18-9-5-7-13(11-18)12-6-4-8-14(10-12)23(17,20)21/h4,6,8,10,13H,5,7,9,11H2,1-3H3/t13-/m1/s1. The van der Waals surface area contributed by atoms with E-state index in [4.69, 9.17) is 15.4 Å². The lowest BCUT2D eigenvalue weighted by Gasteiger charge is -2.34. The van der Waals surface area contributed by atoms with Crippen molar-refractivity contribution in [1.29, 1.82) is 0 Å². The van der Waals surface area contributed by atoms with Gasteiger partial charge in [0.05, 0.1) is 4.90 Å². The lowest BCUT2D eigenvalue weighted by molar-refractivity contribution is 0.0198. The quantitative estimate of drug-likeness (QED) is 0.755. The normalized spacial score (nSPS) is 19.5. The molecule has 0 saturated carbocycles. The molecule has 1 fully saturated rings. The predicted octanol–water partition coefficient (Wildman–Crippen LogP) is 3.73. The van der Waals surface area contributed by atoms with Crippen LogP contribution in [0.5, 0.6) is 0 Å². The molecule has 0 aliphatic carbocycles. The predicted molar refractivity (Wildman–Crippen MR) is 89.3 cm³/mol. The van der Waals surface area contributed by atoms with Gasteiger partial charge in [-0.05, 0) is 51.3 Å². The number of hydrogen-bond donors (Lipinski definition) is 0. The molecule has 1 atom stereocenters. The second kappa shape index (κ2) is 6.69. The molecular weight excluding hydrogens is 338 g/mol. The van der Waals surface area contributed by atoms with Crippen LogP contribution < -0.4 is 0 Å². The highest BCUT2D eigenvalue weighted by atomic mass is 35.7. The minimum absolute atomic E-state index is 0.0784. The molecule has 1 aliphatic heterocycles. The number of ether oxygens (including phenoxy) is 1. The molecule has 5 nitrogen and oxygen atoms in total. The molecular formula is C16H22ClNO4S. The minimum atomic E-state index is -3.75. The second-order valence-electron chi connectivity index (χ2n) is 6.78. The summed E-state index contributed by atoms with van der Waals surface area (Å²) in [6, 6.07) is 6.61. The Hall–Kier alpha value is -1.27. The first-order valence-electron chi connectivity index (χ1n) is 7.59. The number of benzene rings is 1. The van der Waals surface area contributed by atoms with Gasteiger partial charge in [0.2, 0.25) is 0 Å². The molecule has 128 valence electrons. The first-order valence-corrected chi connectivity index (χ1v) is 9.90. The highest BCUT2D eigenvalue weighted by Crippen LogP contribution is 2.29. The van der Waals surface area contributed by atoms with E-state index < -0.39 is 14.7 Å². The fourth-order valence-corrected chi connectivity index (χ4v) is 3.47.